The molecule has 0 spiro atoms. The number of furan rings is 1. The molecule has 0 saturated carbocycles. The summed E-state index contributed by atoms with van der Waals surface area (Å²) in [6.45, 7) is -0.428. The number of rotatable bonds is 7. The van der Waals surface area contributed by atoms with Gasteiger partial charge < -0.3 is 13.9 Å². The molecule has 0 aliphatic carbocycles. The summed E-state index contributed by atoms with van der Waals surface area (Å²) >= 11 is 0. The van der Waals surface area contributed by atoms with Crippen molar-refractivity contribution in [3.8, 4) is 5.75 Å². The molecule has 0 radical (unpaired) electrons. The molecule has 0 fully saturated rings. The van der Waals surface area contributed by atoms with Crippen molar-refractivity contribution in [1.29, 1.82) is 0 Å². The molecule has 0 bridgehead atoms. The maximum absolute atomic E-state index is 13.2. The van der Waals surface area contributed by atoms with Gasteiger partial charge in [-0.15, -0.1) is 0 Å². The number of nitrogens with zero attached hydrogens (tertiary/aromatic N) is 2. The highest BCUT2D eigenvalue weighted by atomic mass is 16.5. The number of esters is 1. The summed E-state index contributed by atoms with van der Waals surface area (Å²) in [6, 6.07) is 24.9. The van der Waals surface area contributed by atoms with Gasteiger partial charge in [0.25, 0.3) is 5.91 Å². The third-order valence-corrected chi connectivity index (χ3v) is 6.01. The molecule has 0 saturated heterocycles. The van der Waals surface area contributed by atoms with E-state index in [2.05, 4.69) is 17.2 Å². The van der Waals surface area contributed by atoms with E-state index in [0.29, 0.717) is 12.2 Å². The Morgan fingerprint density at radius 1 is 1.03 bits per heavy atom. The van der Waals surface area contributed by atoms with Gasteiger partial charge in [-0.1, -0.05) is 48.5 Å². The highest BCUT2D eigenvalue weighted by Gasteiger charge is 2.33. The Labute approximate surface area is 208 Å². The number of hydrogen-bond acceptors (Lipinski definition) is 6. The van der Waals surface area contributed by atoms with Gasteiger partial charge in [0.05, 0.1) is 25.1 Å². The lowest BCUT2D eigenvalue weighted by molar-refractivity contribution is -0.149. The van der Waals surface area contributed by atoms with Crippen LogP contribution in [0.5, 0.6) is 5.75 Å². The number of carbonyl (C=O) groups excluding carboxylic acids is 2. The SMILES string of the molecule is COc1ccc([C@@H]2CC(c3ccc4ccccc4c3)=NN2C(=O)COC(=O)/C=C/c2ccco2)cc1. The highest BCUT2D eigenvalue weighted by Crippen LogP contribution is 2.34. The summed E-state index contributed by atoms with van der Waals surface area (Å²) in [7, 11) is 1.61. The van der Waals surface area contributed by atoms with Gasteiger partial charge in [-0.2, -0.15) is 5.10 Å². The highest BCUT2D eigenvalue weighted by molar-refractivity contribution is 6.05. The molecule has 1 atom stereocenters. The van der Waals surface area contributed by atoms with E-state index in [4.69, 9.17) is 13.9 Å². The lowest BCUT2D eigenvalue weighted by Gasteiger charge is -2.22. The van der Waals surface area contributed by atoms with Gasteiger partial charge in [0.2, 0.25) is 0 Å². The second kappa shape index (κ2) is 10.3. The average Bonchev–Trinajstić information content (AvgIpc) is 3.61. The average molecular weight is 481 g/mol. The number of carbonyl (C=O) groups is 2. The number of methoxy groups -OCH3 is 1. The molecular formula is C29H24N2O5. The third kappa shape index (κ3) is 5.05. The molecule has 0 unspecified atom stereocenters. The molecule has 7 heteroatoms. The molecule has 0 N–H and O–H groups in total. The monoisotopic (exact) mass is 480 g/mol. The number of amides is 1. The standard InChI is InChI=1S/C29H24N2O5/c1-34-24-12-10-21(11-13-24)27-18-26(23-9-8-20-5-2-3-6-22(20)17-23)30-31(27)28(32)19-36-29(33)15-14-25-7-4-16-35-25/h2-17,27H,18-19H2,1H3/b15-14+/t27-/m0/s1. The molecule has 4 aromatic rings. The smallest absolute Gasteiger partial charge is 0.331 e. The third-order valence-electron chi connectivity index (χ3n) is 6.01. The fourth-order valence-electron chi connectivity index (χ4n) is 4.15. The van der Waals surface area contributed by atoms with Crippen LogP contribution in [0.4, 0.5) is 0 Å². The number of hydrazone groups is 1. The number of fused-ring (bicyclic) bond motifs is 1. The van der Waals surface area contributed by atoms with Crippen molar-refractivity contribution in [2.75, 3.05) is 13.7 Å². The van der Waals surface area contributed by atoms with Crippen LogP contribution in [0.25, 0.3) is 16.8 Å². The number of ether oxygens (including phenoxy) is 2. The van der Waals surface area contributed by atoms with Gasteiger partial charge in [-0.05, 0) is 58.3 Å². The Bertz CT molecular complexity index is 1440. The first-order chi connectivity index (χ1) is 17.6. The van der Waals surface area contributed by atoms with Crippen LogP contribution in [-0.4, -0.2) is 36.3 Å². The zero-order chi connectivity index (χ0) is 24.9. The van der Waals surface area contributed by atoms with Gasteiger partial charge in [0, 0.05) is 12.5 Å². The Kier molecular flexibility index (Phi) is 6.62. The van der Waals surface area contributed by atoms with Crippen LogP contribution in [-0.2, 0) is 14.3 Å². The van der Waals surface area contributed by atoms with Crippen molar-refractivity contribution < 1.29 is 23.5 Å². The van der Waals surface area contributed by atoms with Crippen LogP contribution in [0.3, 0.4) is 0 Å². The number of benzene rings is 3. The maximum atomic E-state index is 13.2. The van der Waals surface area contributed by atoms with Crippen molar-refractivity contribution in [2.45, 2.75) is 12.5 Å². The maximum Gasteiger partial charge on any atom is 0.331 e. The molecule has 180 valence electrons. The topological polar surface area (TPSA) is 81.3 Å². The fraction of sp³-hybridized carbons (Fsp3) is 0.138. The van der Waals surface area contributed by atoms with Crippen LogP contribution in [0.1, 0.15) is 29.3 Å². The van der Waals surface area contributed by atoms with E-state index in [1.165, 1.54) is 23.4 Å². The first kappa shape index (κ1) is 23.1. The minimum Gasteiger partial charge on any atom is -0.497 e. The Hall–Kier alpha value is -4.65. The molecule has 1 aliphatic heterocycles. The summed E-state index contributed by atoms with van der Waals surface area (Å²) in [5.41, 5.74) is 2.65. The van der Waals surface area contributed by atoms with E-state index in [-0.39, 0.29) is 6.04 Å². The van der Waals surface area contributed by atoms with E-state index in [9.17, 15) is 9.59 Å². The van der Waals surface area contributed by atoms with Crippen molar-refractivity contribution >= 4 is 34.4 Å². The Morgan fingerprint density at radius 2 is 1.83 bits per heavy atom. The summed E-state index contributed by atoms with van der Waals surface area (Å²) in [4.78, 5) is 25.3. The van der Waals surface area contributed by atoms with Gasteiger partial charge in [-0.25, -0.2) is 9.80 Å². The van der Waals surface area contributed by atoms with Crippen LogP contribution in [0.15, 0.2) is 101 Å². The van der Waals surface area contributed by atoms with Crippen molar-refractivity contribution in [3.05, 3.63) is 108 Å². The summed E-state index contributed by atoms with van der Waals surface area (Å²) < 4.78 is 15.6. The van der Waals surface area contributed by atoms with Crippen molar-refractivity contribution in [3.63, 3.8) is 0 Å². The van der Waals surface area contributed by atoms with Crippen molar-refractivity contribution in [2.24, 2.45) is 5.10 Å². The van der Waals surface area contributed by atoms with E-state index >= 15 is 0 Å². The minimum absolute atomic E-state index is 0.331. The normalized spacial score (nSPS) is 15.3. The van der Waals surface area contributed by atoms with Crippen molar-refractivity contribution in [1.82, 2.24) is 5.01 Å². The Balaban J connectivity index is 1.37. The predicted molar refractivity (Wildman–Crippen MR) is 136 cm³/mol. The van der Waals surface area contributed by atoms with Crippen LogP contribution in [0.2, 0.25) is 0 Å². The van der Waals surface area contributed by atoms with Crippen LogP contribution in [0, 0.1) is 0 Å². The molecule has 1 aliphatic rings. The Morgan fingerprint density at radius 3 is 2.58 bits per heavy atom. The van der Waals surface area contributed by atoms with Crippen LogP contribution >= 0.6 is 0 Å². The van der Waals surface area contributed by atoms with E-state index < -0.39 is 18.5 Å². The van der Waals surface area contributed by atoms with Gasteiger partial charge >= 0.3 is 5.97 Å². The zero-order valence-corrected chi connectivity index (χ0v) is 19.7. The first-order valence-electron chi connectivity index (χ1n) is 11.5. The van der Waals surface area contributed by atoms with E-state index in [1.807, 2.05) is 54.6 Å². The molecule has 7 nitrogen and oxygen atoms in total. The summed E-state index contributed by atoms with van der Waals surface area (Å²) in [6.07, 6.45) is 4.74. The van der Waals surface area contributed by atoms with Crippen LogP contribution < -0.4 is 4.74 Å². The molecule has 5 rings (SSSR count). The predicted octanol–water partition coefficient (Wildman–Crippen LogP) is 5.38. The lowest BCUT2D eigenvalue weighted by atomic mass is 9.97. The lowest BCUT2D eigenvalue weighted by Crippen LogP contribution is -2.31. The largest absolute Gasteiger partial charge is 0.497 e. The summed E-state index contributed by atoms with van der Waals surface area (Å²) in [5, 5.41) is 8.32. The number of hydrogen-bond donors (Lipinski definition) is 0. The van der Waals surface area contributed by atoms with Gasteiger partial charge in [0.1, 0.15) is 11.5 Å². The quantitative estimate of drug-likeness (QED) is 0.262. The second-order valence-corrected chi connectivity index (χ2v) is 8.30. The minimum atomic E-state index is -0.640. The van der Waals surface area contributed by atoms with E-state index in [0.717, 1.165) is 33.4 Å². The zero-order valence-electron chi connectivity index (χ0n) is 19.7. The molecule has 3 aromatic carbocycles. The van der Waals surface area contributed by atoms with E-state index in [1.54, 1.807) is 19.2 Å². The molecule has 1 aromatic heterocycles. The second-order valence-electron chi connectivity index (χ2n) is 8.30. The summed E-state index contributed by atoms with van der Waals surface area (Å²) in [5.74, 6) is 0.189. The molecule has 36 heavy (non-hydrogen) atoms. The van der Waals surface area contributed by atoms with Gasteiger partial charge in [0.15, 0.2) is 6.61 Å². The fourth-order valence-corrected chi connectivity index (χ4v) is 4.15. The molecular weight excluding hydrogens is 456 g/mol. The van der Waals surface area contributed by atoms with Gasteiger partial charge in [-0.3, -0.25) is 4.79 Å². The molecule has 1 amide bonds. The first-order valence-corrected chi connectivity index (χ1v) is 11.5. The molecule has 2 heterocycles.